The molecule has 5 nitrogen and oxygen atoms in total. The predicted molar refractivity (Wildman–Crippen MR) is 71.3 cm³/mol. The molecule has 0 aliphatic carbocycles. The zero-order valence-corrected chi connectivity index (χ0v) is 11.0. The number of nitrogens with one attached hydrogen (secondary N) is 1. The number of anilines is 1. The number of H-pyrrole nitrogens is 1. The second kappa shape index (κ2) is 4.90. The minimum atomic E-state index is -0.257. The Balaban J connectivity index is 1.81. The van der Waals surface area contributed by atoms with Crippen molar-refractivity contribution in [2.24, 2.45) is 0 Å². The van der Waals surface area contributed by atoms with E-state index < -0.39 is 0 Å². The maximum atomic E-state index is 11.5. The van der Waals surface area contributed by atoms with Crippen LogP contribution in [0.2, 0.25) is 5.02 Å². The molecular formula is C12H17ClN4O. The van der Waals surface area contributed by atoms with Gasteiger partial charge in [0, 0.05) is 25.7 Å². The van der Waals surface area contributed by atoms with Crippen LogP contribution in [0.1, 0.15) is 19.3 Å². The maximum absolute atomic E-state index is 11.5. The number of piperazine rings is 1. The van der Waals surface area contributed by atoms with Crippen LogP contribution in [0.4, 0.5) is 5.82 Å². The summed E-state index contributed by atoms with van der Waals surface area (Å²) in [5.41, 5.74) is -0.257. The van der Waals surface area contributed by atoms with Crippen LogP contribution in [0.25, 0.3) is 0 Å². The normalized spacial score (nSPS) is 24.9. The molecule has 0 saturated carbocycles. The molecule has 2 aliphatic heterocycles. The maximum Gasteiger partial charge on any atom is 0.271 e. The summed E-state index contributed by atoms with van der Waals surface area (Å²) in [5, 5.41) is 0.210. The van der Waals surface area contributed by atoms with Gasteiger partial charge < -0.3 is 9.88 Å². The highest BCUT2D eigenvalue weighted by Crippen LogP contribution is 2.26. The van der Waals surface area contributed by atoms with Gasteiger partial charge in [0.1, 0.15) is 5.02 Å². The standard InChI is InChI=1S/C12H17ClN4O/c13-10-11(14-8-15-12(10)18)17-6-5-16-4-2-1-3-9(16)7-17/h8-9H,1-7H2,(H,14,15,18). The zero-order valence-electron chi connectivity index (χ0n) is 10.2. The smallest absolute Gasteiger partial charge is 0.271 e. The molecule has 98 valence electrons. The van der Waals surface area contributed by atoms with Crippen molar-refractivity contribution >= 4 is 17.4 Å². The Bertz CT molecular complexity index is 489. The van der Waals surface area contributed by atoms with Gasteiger partial charge in [0.15, 0.2) is 5.82 Å². The van der Waals surface area contributed by atoms with Crippen molar-refractivity contribution in [1.82, 2.24) is 14.9 Å². The molecule has 3 rings (SSSR count). The minimum Gasteiger partial charge on any atom is -0.352 e. The molecule has 6 heteroatoms. The van der Waals surface area contributed by atoms with Crippen LogP contribution in [0.15, 0.2) is 11.1 Å². The fourth-order valence-electron chi connectivity index (χ4n) is 2.94. The topological polar surface area (TPSA) is 52.2 Å². The van der Waals surface area contributed by atoms with E-state index in [0.29, 0.717) is 11.9 Å². The lowest BCUT2D eigenvalue weighted by Gasteiger charge is -2.44. The summed E-state index contributed by atoms with van der Waals surface area (Å²) in [7, 11) is 0. The molecule has 1 N–H and O–H groups in total. The Labute approximate surface area is 111 Å². The number of fused-ring (bicyclic) bond motifs is 1. The summed E-state index contributed by atoms with van der Waals surface area (Å²) in [5.74, 6) is 0.630. The van der Waals surface area contributed by atoms with E-state index in [0.717, 1.165) is 19.6 Å². The Hall–Kier alpha value is -1.07. The average Bonchev–Trinajstić information content (AvgIpc) is 2.41. The van der Waals surface area contributed by atoms with Crippen LogP contribution in [-0.2, 0) is 0 Å². The first kappa shape index (κ1) is 12.0. The second-order valence-corrected chi connectivity index (χ2v) is 5.38. The van der Waals surface area contributed by atoms with Crippen LogP contribution in [0, 0.1) is 0 Å². The van der Waals surface area contributed by atoms with E-state index in [9.17, 15) is 4.79 Å². The Morgan fingerprint density at radius 2 is 2.22 bits per heavy atom. The number of halogens is 1. The van der Waals surface area contributed by atoms with E-state index in [1.807, 2.05) is 0 Å². The molecule has 18 heavy (non-hydrogen) atoms. The molecule has 1 aromatic rings. The van der Waals surface area contributed by atoms with E-state index in [1.165, 1.54) is 32.1 Å². The SMILES string of the molecule is O=c1[nH]cnc(N2CCN3CCCCC3C2)c1Cl. The molecular weight excluding hydrogens is 252 g/mol. The molecule has 1 unspecified atom stereocenters. The lowest BCUT2D eigenvalue weighted by Crippen LogP contribution is -2.55. The van der Waals surface area contributed by atoms with Crippen LogP contribution >= 0.6 is 11.6 Å². The lowest BCUT2D eigenvalue weighted by molar-refractivity contribution is 0.133. The van der Waals surface area contributed by atoms with Gasteiger partial charge >= 0.3 is 0 Å². The predicted octanol–water partition coefficient (Wildman–Crippen LogP) is 1.10. The fraction of sp³-hybridized carbons (Fsp3) is 0.667. The molecule has 2 fully saturated rings. The third-order valence-corrected chi connectivity index (χ3v) is 4.26. The van der Waals surface area contributed by atoms with Gasteiger partial charge in [-0.25, -0.2) is 4.98 Å². The first-order valence-electron chi connectivity index (χ1n) is 6.48. The van der Waals surface area contributed by atoms with E-state index in [-0.39, 0.29) is 10.6 Å². The Morgan fingerprint density at radius 1 is 1.33 bits per heavy atom. The summed E-state index contributed by atoms with van der Waals surface area (Å²) in [6.07, 6.45) is 5.26. The number of aromatic nitrogens is 2. The van der Waals surface area contributed by atoms with Crippen molar-refractivity contribution in [3.63, 3.8) is 0 Å². The highest BCUT2D eigenvalue weighted by atomic mass is 35.5. The third-order valence-electron chi connectivity index (χ3n) is 3.92. The second-order valence-electron chi connectivity index (χ2n) is 5.00. The first-order valence-corrected chi connectivity index (χ1v) is 6.85. The molecule has 0 amide bonds. The monoisotopic (exact) mass is 268 g/mol. The first-order chi connectivity index (χ1) is 8.75. The van der Waals surface area contributed by atoms with Crippen LogP contribution in [-0.4, -0.2) is 47.1 Å². The van der Waals surface area contributed by atoms with Crippen molar-refractivity contribution in [3.05, 3.63) is 21.7 Å². The molecule has 0 aromatic carbocycles. The summed E-state index contributed by atoms with van der Waals surface area (Å²) in [6, 6.07) is 0.588. The fourth-order valence-corrected chi connectivity index (χ4v) is 3.17. The summed E-state index contributed by atoms with van der Waals surface area (Å²) in [6.45, 7) is 4.06. The summed E-state index contributed by atoms with van der Waals surface area (Å²) < 4.78 is 0. The number of rotatable bonds is 1. The zero-order chi connectivity index (χ0) is 12.5. The summed E-state index contributed by atoms with van der Waals surface area (Å²) in [4.78, 5) is 22.9. The Morgan fingerprint density at radius 3 is 3.11 bits per heavy atom. The van der Waals surface area contributed by atoms with Crippen molar-refractivity contribution in [3.8, 4) is 0 Å². The van der Waals surface area contributed by atoms with E-state index >= 15 is 0 Å². The highest BCUT2D eigenvalue weighted by Gasteiger charge is 2.30. The number of hydrogen-bond donors (Lipinski definition) is 1. The molecule has 0 spiro atoms. The van der Waals surface area contributed by atoms with Crippen molar-refractivity contribution < 1.29 is 0 Å². The largest absolute Gasteiger partial charge is 0.352 e. The Kier molecular flexibility index (Phi) is 3.26. The van der Waals surface area contributed by atoms with Gasteiger partial charge in [-0.05, 0) is 19.4 Å². The van der Waals surface area contributed by atoms with Gasteiger partial charge in [0.25, 0.3) is 5.56 Å². The van der Waals surface area contributed by atoms with Gasteiger partial charge in [0.2, 0.25) is 0 Å². The van der Waals surface area contributed by atoms with Gasteiger partial charge in [-0.3, -0.25) is 9.69 Å². The van der Waals surface area contributed by atoms with Gasteiger partial charge in [0.05, 0.1) is 6.33 Å². The van der Waals surface area contributed by atoms with E-state index in [4.69, 9.17) is 11.6 Å². The van der Waals surface area contributed by atoms with E-state index in [2.05, 4.69) is 19.8 Å². The van der Waals surface area contributed by atoms with Gasteiger partial charge in [-0.1, -0.05) is 18.0 Å². The number of hydrogen-bond acceptors (Lipinski definition) is 4. The van der Waals surface area contributed by atoms with Gasteiger partial charge in [-0.15, -0.1) is 0 Å². The number of aromatic amines is 1. The van der Waals surface area contributed by atoms with Crippen LogP contribution in [0.3, 0.4) is 0 Å². The third kappa shape index (κ3) is 2.12. The highest BCUT2D eigenvalue weighted by molar-refractivity contribution is 6.32. The molecule has 3 heterocycles. The number of piperidine rings is 1. The van der Waals surface area contributed by atoms with Gasteiger partial charge in [-0.2, -0.15) is 0 Å². The van der Waals surface area contributed by atoms with Crippen LogP contribution in [0.5, 0.6) is 0 Å². The molecule has 1 aromatic heterocycles. The molecule has 0 bridgehead atoms. The molecule has 1 atom stereocenters. The van der Waals surface area contributed by atoms with Crippen molar-refractivity contribution in [2.75, 3.05) is 31.1 Å². The van der Waals surface area contributed by atoms with Crippen molar-refractivity contribution in [2.45, 2.75) is 25.3 Å². The summed E-state index contributed by atoms with van der Waals surface area (Å²) >= 11 is 6.04. The molecule has 2 saturated heterocycles. The van der Waals surface area contributed by atoms with Crippen LogP contribution < -0.4 is 10.5 Å². The van der Waals surface area contributed by atoms with Crippen molar-refractivity contribution in [1.29, 1.82) is 0 Å². The quantitative estimate of drug-likeness (QED) is 0.829. The minimum absolute atomic E-state index is 0.210. The molecule has 2 aliphatic rings. The molecule has 0 radical (unpaired) electrons. The average molecular weight is 269 g/mol. The lowest BCUT2D eigenvalue weighted by atomic mass is 9.99. The van der Waals surface area contributed by atoms with E-state index in [1.54, 1.807) is 0 Å². The number of nitrogens with zero attached hydrogens (tertiary/aromatic N) is 3.